The second-order valence-electron chi connectivity index (χ2n) is 7.59. The number of rotatable bonds is 4. The molecule has 1 aromatic carbocycles. The summed E-state index contributed by atoms with van der Waals surface area (Å²) in [4.78, 5) is 15.8. The second-order valence-corrected chi connectivity index (χ2v) is 8.44. The minimum absolute atomic E-state index is 0.297. The fraction of sp³-hybridized carbons (Fsp3) is 0.292. The number of piperidine rings is 1. The molecule has 0 amide bonds. The molecule has 32 heavy (non-hydrogen) atoms. The van der Waals surface area contributed by atoms with Crippen LogP contribution in [0.5, 0.6) is 0 Å². The van der Waals surface area contributed by atoms with Gasteiger partial charge in [-0.1, -0.05) is 11.8 Å². The van der Waals surface area contributed by atoms with Gasteiger partial charge in [-0.15, -0.1) is 0 Å². The van der Waals surface area contributed by atoms with Crippen molar-refractivity contribution in [1.29, 1.82) is 0 Å². The van der Waals surface area contributed by atoms with Crippen LogP contribution >= 0.6 is 11.9 Å². The van der Waals surface area contributed by atoms with Crippen molar-refractivity contribution in [2.45, 2.75) is 38.0 Å². The zero-order chi connectivity index (χ0) is 22.5. The van der Waals surface area contributed by atoms with E-state index < -0.39 is 11.6 Å². The highest BCUT2D eigenvalue weighted by molar-refractivity contribution is 8.00. The molecule has 8 heteroatoms. The number of benzene rings is 1. The van der Waals surface area contributed by atoms with E-state index in [0.29, 0.717) is 16.1 Å². The van der Waals surface area contributed by atoms with Gasteiger partial charge in [0, 0.05) is 30.9 Å². The van der Waals surface area contributed by atoms with Crippen LogP contribution in [0.4, 0.5) is 20.3 Å². The lowest BCUT2D eigenvalue weighted by molar-refractivity contribution is 0.566. The van der Waals surface area contributed by atoms with Crippen molar-refractivity contribution < 1.29 is 8.78 Å². The van der Waals surface area contributed by atoms with Crippen molar-refractivity contribution >= 4 is 23.5 Å². The topological polar surface area (TPSA) is 53.9 Å². The van der Waals surface area contributed by atoms with Gasteiger partial charge in [-0.3, -0.25) is 4.98 Å². The van der Waals surface area contributed by atoms with E-state index in [-0.39, 0.29) is 0 Å². The highest BCUT2D eigenvalue weighted by atomic mass is 32.2. The summed E-state index contributed by atoms with van der Waals surface area (Å²) in [6.45, 7) is 5.74. The monoisotopic (exact) mass is 451 g/mol. The summed E-state index contributed by atoms with van der Waals surface area (Å²) >= 11 is 1.06. The molecule has 1 aliphatic rings. The first-order chi connectivity index (χ1) is 15.5. The van der Waals surface area contributed by atoms with Crippen molar-refractivity contribution in [3.05, 3.63) is 70.9 Å². The zero-order valence-electron chi connectivity index (χ0n) is 18.0. The van der Waals surface area contributed by atoms with Crippen LogP contribution in [0.3, 0.4) is 0 Å². The smallest absolute Gasteiger partial charge is 0.148 e. The minimum Gasteiger partial charge on any atom is -0.355 e. The lowest BCUT2D eigenvalue weighted by Gasteiger charge is -2.28. The van der Waals surface area contributed by atoms with Gasteiger partial charge in [-0.25, -0.2) is 18.7 Å². The number of halogens is 2. The van der Waals surface area contributed by atoms with Crippen LogP contribution in [0.1, 0.15) is 41.8 Å². The predicted octanol–water partition coefficient (Wildman–Crippen LogP) is 5.28. The van der Waals surface area contributed by atoms with Crippen LogP contribution in [-0.4, -0.2) is 28.0 Å². The van der Waals surface area contributed by atoms with E-state index in [1.54, 1.807) is 12.5 Å². The van der Waals surface area contributed by atoms with Gasteiger partial charge < -0.3 is 9.62 Å². The molecule has 0 bridgehead atoms. The van der Waals surface area contributed by atoms with Gasteiger partial charge in [0.1, 0.15) is 23.8 Å². The molecule has 0 unspecified atom stereocenters. The van der Waals surface area contributed by atoms with E-state index in [4.69, 9.17) is 0 Å². The third-order valence-corrected chi connectivity index (χ3v) is 6.13. The highest BCUT2D eigenvalue weighted by Crippen LogP contribution is 2.26. The number of aryl methyl sites for hydroxylation is 2. The number of nitrogens with one attached hydrogen (secondary N) is 1. The van der Waals surface area contributed by atoms with Gasteiger partial charge in [0.2, 0.25) is 0 Å². The molecule has 5 nitrogen and oxygen atoms in total. The van der Waals surface area contributed by atoms with Crippen LogP contribution in [-0.2, 0) is 0 Å². The van der Waals surface area contributed by atoms with Gasteiger partial charge >= 0.3 is 0 Å². The second kappa shape index (κ2) is 9.96. The number of pyridine rings is 1. The molecule has 2 aromatic heterocycles. The Kier molecular flexibility index (Phi) is 6.86. The van der Waals surface area contributed by atoms with Gasteiger partial charge in [-0.2, -0.15) is 0 Å². The fourth-order valence-electron chi connectivity index (χ4n) is 3.46. The van der Waals surface area contributed by atoms with E-state index in [1.807, 2.05) is 19.9 Å². The largest absolute Gasteiger partial charge is 0.355 e. The van der Waals surface area contributed by atoms with E-state index in [2.05, 4.69) is 36.4 Å². The molecule has 1 saturated heterocycles. The Bertz CT molecular complexity index is 1180. The summed E-state index contributed by atoms with van der Waals surface area (Å²) in [7, 11) is 0. The Morgan fingerprint density at radius 2 is 1.78 bits per heavy atom. The number of hydrogen-bond acceptors (Lipinski definition) is 6. The van der Waals surface area contributed by atoms with E-state index in [1.165, 1.54) is 18.6 Å². The van der Waals surface area contributed by atoms with Crippen LogP contribution in [0.25, 0.3) is 0 Å². The molecule has 4 rings (SSSR count). The van der Waals surface area contributed by atoms with Crippen LogP contribution in [0.15, 0.2) is 41.7 Å². The molecule has 0 atom stereocenters. The van der Waals surface area contributed by atoms with Crippen molar-refractivity contribution in [3.8, 4) is 11.8 Å². The summed E-state index contributed by atoms with van der Waals surface area (Å²) in [5.41, 5.74) is 3.84. The summed E-state index contributed by atoms with van der Waals surface area (Å²) in [5.74, 6) is 6.07. The van der Waals surface area contributed by atoms with E-state index in [0.717, 1.165) is 66.7 Å². The molecule has 0 radical (unpaired) electrons. The number of nitrogens with zero attached hydrogens (tertiary/aromatic N) is 4. The molecule has 1 aliphatic heterocycles. The Morgan fingerprint density at radius 3 is 2.56 bits per heavy atom. The Hall–Kier alpha value is -3.18. The third kappa shape index (κ3) is 5.17. The van der Waals surface area contributed by atoms with Crippen molar-refractivity contribution in [1.82, 2.24) is 15.0 Å². The van der Waals surface area contributed by atoms with Gasteiger partial charge in [0.15, 0.2) is 0 Å². The molecule has 0 aliphatic carbocycles. The van der Waals surface area contributed by atoms with Gasteiger partial charge in [0.25, 0.3) is 0 Å². The normalized spacial score (nSPS) is 13.4. The van der Waals surface area contributed by atoms with E-state index in [9.17, 15) is 8.78 Å². The van der Waals surface area contributed by atoms with Crippen molar-refractivity contribution in [3.63, 3.8) is 0 Å². The Labute approximate surface area is 190 Å². The lowest BCUT2D eigenvalue weighted by Crippen LogP contribution is -2.31. The fourth-order valence-corrected chi connectivity index (χ4v) is 4.18. The molecule has 1 fully saturated rings. The van der Waals surface area contributed by atoms with Crippen LogP contribution < -0.4 is 9.62 Å². The first kappa shape index (κ1) is 22.0. The van der Waals surface area contributed by atoms with Gasteiger partial charge in [-0.05, 0) is 63.3 Å². The van der Waals surface area contributed by atoms with Crippen molar-refractivity contribution in [2.75, 3.05) is 22.7 Å². The lowest BCUT2D eigenvalue weighted by atomic mass is 10.1. The summed E-state index contributed by atoms with van der Waals surface area (Å²) in [6.07, 6.45) is 6.84. The molecule has 1 N–H and O–H groups in total. The minimum atomic E-state index is -0.617. The third-order valence-electron chi connectivity index (χ3n) is 5.26. The maximum absolute atomic E-state index is 13.9. The van der Waals surface area contributed by atoms with Gasteiger partial charge in [0.05, 0.1) is 27.5 Å². The highest BCUT2D eigenvalue weighted by Gasteiger charge is 2.17. The number of hydrogen-bond donors (Lipinski definition) is 1. The van der Waals surface area contributed by atoms with Crippen LogP contribution in [0.2, 0.25) is 0 Å². The SMILES string of the molecule is Cc1ncc(C#Cc2c(C)ncnc2N2CCCCC2)cc1NSc1ccc(F)cc1F. The molecule has 164 valence electrons. The summed E-state index contributed by atoms with van der Waals surface area (Å²) < 4.78 is 30.1. The maximum Gasteiger partial charge on any atom is 0.148 e. The summed E-state index contributed by atoms with van der Waals surface area (Å²) in [6, 6.07) is 5.35. The average Bonchev–Trinajstić information content (AvgIpc) is 2.79. The predicted molar refractivity (Wildman–Crippen MR) is 124 cm³/mol. The molecular formula is C24H23F2N5S. The number of aromatic nitrogens is 3. The van der Waals surface area contributed by atoms with E-state index >= 15 is 0 Å². The molecule has 3 heterocycles. The summed E-state index contributed by atoms with van der Waals surface area (Å²) in [5, 5.41) is 0. The Balaban J connectivity index is 1.57. The molecule has 3 aromatic rings. The average molecular weight is 452 g/mol. The first-order valence-electron chi connectivity index (χ1n) is 10.4. The molecular weight excluding hydrogens is 428 g/mol. The molecule has 0 saturated carbocycles. The van der Waals surface area contributed by atoms with Crippen molar-refractivity contribution in [2.24, 2.45) is 0 Å². The molecule has 0 spiro atoms. The van der Waals surface area contributed by atoms with Crippen LogP contribution in [0, 0.1) is 37.3 Å². The first-order valence-corrected chi connectivity index (χ1v) is 11.3. The number of anilines is 2. The Morgan fingerprint density at radius 1 is 0.969 bits per heavy atom. The quantitative estimate of drug-likeness (QED) is 0.431. The zero-order valence-corrected chi connectivity index (χ0v) is 18.8. The maximum atomic E-state index is 13.9. The standard InChI is InChI=1S/C24H23F2N5S/c1-16-20(24(29-15-28-16)31-10-4-3-5-11-31)8-6-18-12-22(17(2)27-14-18)30-32-23-9-7-19(25)13-21(23)26/h7,9,12-15,30H,3-5,10-11H2,1-2H3.